The van der Waals surface area contributed by atoms with Crippen molar-refractivity contribution in [2.45, 2.75) is 31.1 Å². The van der Waals surface area contributed by atoms with Gasteiger partial charge in [-0.1, -0.05) is 23.8 Å². The van der Waals surface area contributed by atoms with Crippen molar-refractivity contribution in [3.8, 4) is 5.75 Å². The lowest BCUT2D eigenvalue weighted by Crippen LogP contribution is -2.45. The summed E-state index contributed by atoms with van der Waals surface area (Å²) in [5.41, 5.74) is 0.659. The SMILES string of the molecule is C=C(C)C[C@H]1N(c2cccc(OC)c2)C(=O)[C@@H]2[C@H](C(=O)O)[C@@H]3C=C[C@]21O3. The molecule has 1 amide bonds. The monoisotopic (exact) mass is 355 g/mol. The normalized spacial score (nSPS) is 34.2. The second-order valence-electron chi connectivity index (χ2n) is 7.22. The summed E-state index contributed by atoms with van der Waals surface area (Å²) in [5, 5.41) is 9.68. The van der Waals surface area contributed by atoms with Gasteiger partial charge in [-0.05, 0) is 25.5 Å². The number of fused-ring (bicyclic) bond motifs is 1. The highest BCUT2D eigenvalue weighted by Gasteiger charge is 2.71. The van der Waals surface area contributed by atoms with Crippen LogP contribution in [-0.4, -0.2) is 41.8 Å². The zero-order valence-corrected chi connectivity index (χ0v) is 14.7. The molecule has 2 fully saturated rings. The van der Waals surface area contributed by atoms with Gasteiger partial charge in [-0.15, -0.1) is 6.58 Å². The molecular formula is C20H21NO5. The molecule has 3 aliphatic rings. The van der Waals surface area contributed by atoms with Crippen LogP contribution in [0.5, 0.6) is 5.75 Å². The Morgan fingerprint density at radius 2 is 2.23 bits per heavy atom. The van der Waals surface area contributed by atoms with E-state index in [1.54, 1.807) is 30.2 Å². The first-order chi connectivity index (χ1) is 12.4. The number of carboxylic acids is 1. The smallest absolute Gasteiger partial charge is 0.310 e. The molecule has 5 atom stereocenters. The van der Waals surface area contributed by atoms with Gasteiger partial charge in [0.05, 0.1) is 25.2 Å². The van der Waals surface area contributed by atoms with Gasteiger partial charge < -0.3 is 19.5 Å². The summed E-state index contributed by atoms with van der Waals surface area (Å²) in [4.78, 5) is 26.9. The lowest BCUT2D eigenvalue weighted by molar-refractivity contribution is -0.146. The Morgan fingerprint density at radius 3 is 2.88 bits per heavy atom. The molecule has 0 saturated carbocycles. The largest absolute Gasteiger partial charge is 0.497 e. The molecule has 0 aliphatic carbocycles. The fourth-order valence-electron chi connectivity index (χ4n) is 4.58. The van der Waals surface area contributed by atoms with Crippen LogP contribution in [0.15, 0.2) is 48.6 Å². The maximum atomic E-state index is 13.4. The predicted molar refractivity (Wildman–Crippen MR) is 95.1 cm³/mol. The second kappa shape index (κ2) is 5.71. The van der Waals surface area contributed by atoms with Crippen LogP contribution in [0.1, 0.15) is 13.3 Å². The van der Waals surface area contributed by atoms with Crippen LogP contribution in [-0.2, 0) is 14.3 Å². The van der Waals surface area contributed by atoms with E-state index in [-0.39, 0.29) is 11.9 Å². The van der Waals surface area contributed by atoms with Crippen LogP contribution >= 0.6 is 0 Å². The Kier molecular flexibility index (Phi) is 3.70. The Morgan fingerprint density at radius 1 is 1.46 bits per heavy atom. The Hall–Kier alpha value is -2.60. The van der Waals surface area contributed by atoms with Crippen LogP contribution in [0.2, 0.25) is 0 Å². The van der Waals surface area contributed by atoms with Crippen molar-refractivity contribution in [3.63, 3.8) is 0 Å². The Balaban J connectivity index is 1.84. The number of carbonyl (C=O) groups is 2. The highest BCUT2D eigenvalue weighted by atomic mass is 16.5. The molecule has 1 aromatic rings. The van der Waals surface area contributed by atoms with E-state index in [4.69, 9.17) is 9.47 Å². The molecule has 6 nitrogen and oxygen atoms in total. The van der Waals surface area contributed by atoms with Gasteiger partial charge in [0.1, 0.15) is 17.3 Å². The van der Waals surface area contributed by atoms with Gasteiger partial charge in [-0.25, -0.2) is 0 Å². The van der Waals surface area contributed by atoms with Crippen molar-refractivity contribution >= 4 is 17.6 Å². The number of methoxy groups -OCH3 is 1. The number of amides is 1. The first kappa shape index (κ1) is 16.8. The molecule has 2 saturated heterocycles. The van der Waals surface area contributed by atoms with Crippen molar-refractivity contribution < 1.29 is 24.2 Å². The standard InChI is InChI=1S/C20H21NO5/c1-11(2)9-15-20-8-7-14(26-20)16(19(23)24)17(20)18(22)21(15)12-5-4-6-13(10-12)25-3/h4-8,10,14-17H,1,9H2,2-3H3,(H,23,24)/t14-,15+,16+,17-,20+/m0/s1. The third-order valence-corrected chi connectivity index (χ3v) is 5.58. The first-order valence-electron chi connectivity index (χ1n) is 8.60. The third-order valence-electron chi connectivity index (χ3n) is 5.58. The maximum absolute atomic E-state index is 13.4. The zero-order chi connectivity index (χ0) is 18.6. The Bertz CT molecular complexity index is 831. The maximum Gasteiger partial charge on any atom is 0.310 e. The topological polar surface area (TPSA) is 76.1 Å². The minimum atomic E-state index is -0.999. The number of carbonyl (C=O) groups excluding carboxylic acids is 1. The van der Waals surface area contributed by atoms with Crippen LogP contribution in [0.4, 0.5) is 5.69 Å². The molecule has 1 aromatic carbocycles. The van der Waals surface area contributed by atoms with Gasteiger partial charge >= 0.3 is 5.97 Å². The van der Waals surface area contributed by atoms with Gasteiger partial charge in [0.2, 0.25) is 5.91 Å². The molecule has 6 heteroatoms. The Labute approximate surface area is 151 Å². The summed E-state index contributed by atoms with van der Waals surface area (Å²) in [6.45, 7) is 5.89. The number of rotatable bonds is 5. The highest BCUT2D eigenvalue weighted by molar-refractivity contribution is 6.03. The van der Waals surface area contributed by atoms with E-state index in [1.807, 2.05) is 25.1 Å². The van der Waals surface area contributed by atoms with Crippen molar-refractivity contribution in [1.29, 1.82) is 0 Å². The minimum absolute atomic E-state index is 0.219. The molecule has 4 rings (SSSR count). The van der Waals surface area contributed by atoms with Crippen LogP contribution in [0.3, 0.4) is 0 Å². The molecular weight excluding hydrogens is 334 g/mol. The summed E-state index contributed by atoms with van der Waals surface area (Å²) in [5.74, 6) is -2.18. The van der Waals surface area contributed by atoms with E-state index in [0.29, 0.717) is 17.9 Å². The lowest BCUT2D eigenvalue weighted by atomic mass is 9.74. The molecule has 26 heavy (non-hydrogen) atoms. The van der Waals surface area contributed by atoms with Gasteiger partial charge in [-0.3, -0.25) is 9.59 Å². The van der Waals surface area contributed by atoms with Gasteiger partial charge in [0.25, 0.3) is 0 Å². The molecule has 1 N–H and O–H groups in total. The number of benzene rings is 1. The summed E-state index contributed by atoms with van der Waals surface area (Å²) in [7, 11) is 1.57. The number of carboxylic acid groups (broad SMARTS) is 1. The van der Waals surface area contributed by atoms with Crippen molar-refractivity contribution in [3.05, 3.63) is 48.6 Å². The van der Waals surface area contributed by atoms with E-state index < -0.39 is 29.5 Å². The van der Waals surface area contributed by atoms with Gasteiger partial charge in [-0.2, -0.15) is 0 Å². The number of hydrogen-bond donors (Lipinski definition) is 1. The fraction of sp³-hybridized carbons (Fsp3) is 0.400. The average Bonchev–Trinajstić information content (AvgIpc) is 3.24. The van der Waals surface area contributed by atoms with Crippen molar-refractivity contribution in [2.24, 2.45) is 11.8 Å². The molecule has 0 unspecified atom stereocenters. The number of aliphatic carboxylic acids is 1. The number of anilines is 1. The molecule has 3 aliphatic heterocycles. The molecule has 1 spiro atoms. The predicted octanol–water partition coefficient (Wildman–Crippen LogP) is 2.40. The van der Waals surface area contributed by atoms with Crippen molar-refractivity contribution in [1.82, 2.24) is 0 Å². The third kappa shape index (κ3) is 2.15. The molecule has 136 valence electrons. The van der Waals surface area contributed by atoms with E-state index in [2.05, 4.69) is 6.58 Å². The van der Waals surface area contributed by atoms with E-state index in [0.717, 1.165) is 5.57 Å². The molecule has 0 aromatic heterocycles. The summed E-state index contributed by atoms with van der Waals surface area (Å²) >= 11 is 0. The molecule has 2 bridgehead atoms. The highest BCUT2D eigenvalue weighted by Crippen LogP contribution is 2.56. The van der Waals surface area contributed by atoms with Crippen molar-refractivity contribution in [2.75, 3.05) is 12.0 Å². The van der Waals surface area contributed by atoms with Crippen LogP contribution in [0.25, 0.3) is 0 Å². The summed E-state index contributed by atoms with van der Waals surface area (Å²) in [6.07, 6.45) is 3.64. The average molecular weight is 355 g/mol. The number of hydrogen-bond acceptors (Lipinski definition) is 4. The second-order valence-corrected chi connectivity index (χ2v) is 7.22. The van der Waals surface area contributed by atoms with Crippen LogP contribution < -0.4 is 9.64 Å². The first-order valence-corrected chi connectivity index (χ1v) is 8.60. The van der Waals surface area contributed by atoms with E-state index in [9.17, 15) is 14.7 Å². The van der Waals surface area contributed by atoms with Gasteiger partial charge in [0, 0.05) is 11.8 Å². The van der Waals surface area contributed by atoms with Gasteiger partial charge in [0.15, 0.2) is 0 Å². The minimum Gasteiger partial charge on any atom is -0.497 e. The molecule has 0 radical (unpaired) electrons. The van der Waals surface area contributed by atoms with E-state index in [1.165, 1.54) is 0 Å². The molecule has 3 heterocycles. The fourth-order valence-corrected chi connectivity index (χ4v) is 4.58. The number of nitrogens with zero attached hydrogens (tertiary/aromatic N) is 1. The van der Waals surface area contributed by atoms with Crippen LogP contribution in [0, 0.1) is 11.8 Å². The quantitative estimate of drug-likeness (QED) is 0.821. The lowest BCUT2D eigenvalue weighted by Gasteiger charge is -2.33. The number of ether oxygens (including phenoxy) is 2. The van der Waals surface area contributed by atoms with E-state index >= 15 is 0 Å². The summed E-state index contributed by atoms with van der Waals surface area (Å²) < 4.78 is 11.4. The summed E-state index contributed by atoms with van der Waals surface area (Å²) in [6, 6.07) is 6.89. The zero-order valence-electron chi connectivity index (χ0n) is 14.7.